The van der Waals surface area contributed by atoms with Gasteiger partial charge in [0.25, 0.3) is 0 Å². The minimum Gasteiger partial charge on any atom is -0.478 e. The number of aromatic carboxylic acids is 1. The minimum atomic E-state index is -1.03. The molecule has 1 N–H and O–H groups in total. The number of hydrogen-bond acceptors (Lipinski definition) is 3. The van der Waals surface area contributed by atoms with Crippen LogP contribution in [0, 0.1) is 5.82 Å². The van der Waals surface area contributed by atoms with Crippen LogP contribution in [0.2, 0.25) is 0 Å². The van der Waals surface area contributed by atoms with Crippen molar-refractivity contribution in [2.75, 3.05) is 11.4 Å². The molecule has 0 bridgehead atoms. The van der Waals surface area contributed by atoms with Gasteiger partial charge in [0.05, 0.1) is 12.8 Å². The maximum atomic E-state index is 13.2. The van der Waals surface area contributed by atoms with E-state index >= 15 is 0 Å². The number of furan rings is 1. The summed E-state index contributed by atoms with van der Waals surface area (Å²) >= 11 is 0. The molecule has 0 aliphatic carbocycles. The Morgan fingerprint density at radius 2 is 2.21 bits per heavy atom. The second-order valence-electron chi connectivity index (χ2n) is 4.06. The van der Waals surface area contributed by atoms with Crippen molar-refractivity contribution in [2.45, 2.75) is 13.5 Å². The van der Waals surface area contributed by atoms with Crippen molar-refractivity contribution in [1.82, 2.24) is 0 Å². The van der Waals surface area contributed by atoms with E-state index in [1.165, 1.54) is 24.5 Å². The standard InChI is InChI=1S/C14H14FNO3/c1-2-16(11-5-3-4-10(15)8-11)9-13-12(14(17)18)6-7-19-13/h3-8H,2,9H2,1H3,(H,17,18). The average molecular weight is 263 g/mol. The lowest BCUT2D eigenvalue weighted by molar-refractivity contribution is 0.0694. The maximum absolute atomic E-state index is 13.2. The molecule has 5 heteroatoms. The van der Waals surface area contributed by atoms with Gasteiger partial charge in [-0.05, 0) is 31.2 Å². The molecular weight excluding hydrogens is 249 g/mol. The zero-order valence-corrected chi connectivity index (χ0v) is 10.5. The van der Waals surface area contributed by atoms with Crippen LogP contribution in [-0.2, 0) is 6.54 Å². The number of hydrogen-bond donors (Lipinski definition) is 1. The highest BCUT2D eigenvalue weighted by Crippen LogP contribution is 2.20. The summed E-state index contributed by atoms with van der Waals surface area (Å²) in [4.78, 5) is 12.8. The third-order valence-corrected chi connectivity index (χ3v) is 2.87. The zero-order valence-electron chi connectivity index (χ0n) is 10.5. The normalized spacial score (nSPS) is 10.4. The first-order valence-electron chi connectivity index (χ1n) is 5.92. The highest BCUT2D eigenvalue weighted by Gasteiger charge is 2.16. The Hall–Kier alpha value is -2.30. The molecule has 0 fully saturated rings. The van der Waals surface area contributed by atoms with Gasteiger partial charge in [0.1, 0.15) is 17.1 Å². The number of carbonyl (C=O) groups is 1. The predicted octanol–water partition coefficient (Wildman–Crippen LogP) is 3.14. The molecule has 0 aliphatic heterocycles. The summed E-state index contributed by atoms with van der Waals surface area (Å²) in [6, 6.07) is 7.58. The number of carboxylic acids is 1. The molecule has 1 aromatic carbocycles. The van der Waals surface area contributed by atoms with Crippen molar-refractivity contribution < 1.29 is 18.7 Å². The molecule has 0 aliphatic rings. The molecule has 0 atom stereocenters. The van der Waals surface area contributed by atoms with Crippen molar-refractivity contribution in [3.63, 3.8) is 0 Å². The molecular formula is C14H14FNO3. The SMILES string of the molecule is CCN(Cc1occc1C(=O)O)c1cccc(F)c1. The largest absolute Gasteiger partial charge is 0.478 e. The van der Waals surface area contributed by atoms with E-state index in [0.717, 1.165) is 0 Å². The van der Waals surface area contributed by atoms with Crippen LogP contribution in [0.5, 0.6) is 0 Å². The summed E-state index contributed by atoms with van der Waals surface area (Å²) in [5.74, 6) is -0.994. The molecule has 2 aromatic rings. The fraction of sp³-hybridized carbons (Fsp3) is 0.214. The van der Waals surface area contributed by atoms with Crippen molar-refractivity contribution in [2.24, 2.45) is 0 Å². The molecule has 0 radical (unpaired) electrons. The van der Waals surface area contributed by atoms with Gasteiger partial charge < -0.3 is 14.4 Å². The van der Waals surface area contributed by atoms with Crippen molar-refractivity contribution in [3.8, 4) is 0 Å². The highest BCUT2D eigenvalue weighted by molar-refractivity contribution is 5.88. The Morgan fingerprint density at radius 3 is 2.84 bits per heavy atom. The van der Waals surface area contributed by atoms with Gasteiger partial charge in [-0.3, -0.25) is 0 Å². The van der Waals surface area contributed by atoms with Crippen LogP contribution < -0.4 is 4.90 Å². The molecule has 4 nitrogen and oxygen atoms in total. The fourth-order valence-corrected chi connectivity index (χ4v) is 1.89. The molecule has 2 rings (SSSR count). The van der Waals surface area contributed by atoms with Gasteiger partial charge in [-0.1, -0.05) is 6.07 Å². The predicted molar refractivity (Wildman–Crippen MR) is 68.8 cm³/mol. The van der Waals surface area contributed by atoms with E-state index in [-0.39, 0.29) is 17.9 Å². The van der Waals surface area contributed by atoms with Gasteiger partial charge in [0, 0.05) is 12.2 Å². The number of benzene rings is 1. The summed E-state index contributed by atoms with van der Waals surface area (Å²) in [5.41, 5.74) is 0.824. The lowest BCUT2D eigenvalue weighted by Gasteiger charge is -2.22. The number of anilines is 1. The first-order valence-corrected chi connectivity index (χ1v) is 5.92. The number of nitrogens with zero attached hydrogens (tertiary/aromatic N) is 1. The van der Waals surface area contributed by atoms with Gasteiger partial charge in [0.2, 0.25) is 0 Å². The van der Waals surface area contributed by atoms with Crippen molar-refractivity contribution in [1.29, 1.82) is 0 Å². The molecule has 0 unspecified atom stereocenters. The minimum absolute atomic E-state index is 0.134. The topological polar surface area (TPSA) is 53.7 Å². The van der Waals surface area contributed by atoms with Crippen LogP contribution >= 0.6 is 0 Å². The summed E-state index contributed by atoms with van der Waals surface area (Å²) in [5, 5.41) is 9.02. The maximum Gasteiger partial charge on any atom is 0.339 e. The Morgan fingerprint density at radius 1 is 1.42 bits per heavy atom. The van der Waals surface area contributed by atoms with Crippen LogP contribution in [0.1, 0.15) is 23.0 Å². The van der Waals surface area contributed by atoms with E-state index in [9.17, 15) is 9.18 Å². The van der Waals surface area contributed by atoms with Crippen LogP contribution in [0.15, 0.2) is 41.0 Å². The number of halogens is 1. The summed E-state index contributed by atoms with van der Waals surface area (Å²) in [6.45, 7) is 2.81. The van der Waals surface area contributed by atoms with E-state index in [1.54, 1.807) is 12.1 Å². The quantitative estimate of drug-likeness (QED) is 0.900. The summed E-state index contributed by atoms with van der Waals surface area (Å²) < 4.78 is 18.4. The monoisotopic (exact) mass is 263 g/mol. The van der Waals surface area contributed by atoms with Crippen LogP contribution in [0.25, 0.3) is 0 Å². The third-order valence-electron chi connectivity index (χ3n) is 2.87. The fourth-order valence-electron chi connectivity index (χ4n) is 1.89. The molecule has 1 aromatic heterocycles. The Kier molecular flexibility index (Phi) is 3.85. The van der Waals surface area contributed by atoms with Crippen LogP contribution in [0.3, 0.4) is 0 Å². The average Bonchev–Trinajstić information content (AvgIpc) is 2.84. The smallest absolute Gasteiger partial charge is 0.339 e. The zero-order chi connectivity index (χ0) is 13.8. The molecule has 0 saturated heterocycles. The van der Waals surface area contributed by atoms with E-state index in [2.05, 4.69) is 0 Å². The second kappa shape index (κ2) is 5.56. The van der Waals surface area contributed by atoms with Gasteiger partial charge in [-0.2, -0.15) is 0 Å². The third kappa shape index (κ3) is 2.93. The van der Waals surface area contributed by atoms with Gasteiger partial charge >= 0.3 is 5.97 Å². The molecule has 0 spiro atoms. The highest BCUT2D eigenvalue weighted by atomic mass is 19.1. The van der Waals surface area contributed by atoms with Crippen molar-refractivity contribution >= 4 is 11.7 Å². The first kappa shape index (κ1) is 13.1. The number of carboxylic acid groups (broad SMARTS) is 1. The lowest BCUT2D eigenvalue weighted by atomic mass is 10.2. The summed E-state index contributed by atoms with van der Waals surface area (Å²) in [6.07, 6.45) is 1.35. The molecule has 100 valence electrons. The van der Waals surface area contributed by atoms with E-state index < -0.39 is 5.97 Å². The Labute approximate surface area is 110 Å². The van der Waals surface area contributed by atoms with Crippen LogP contribution in [-0.4, -0.2) is 17.6 Å². The van der Waals surface area contributed by atoms with E-state index in [0.29, 0.717) is 18.0 Å². The Bertz CT molecular complexity index is 580. The van der Waals surface area contributed by atoms with Gasteiger partial charge in [0.15, 0.2) is 0 Å². The molecule has 0 saturated carbocycles. The summed E-state index contributed by atoms with van der Waals surface area (Å²) in [7, 11) is 0. The van der Waals surface area contributed by atoms with E-state index in [4.69, 9.17) is 9.52 Å². The second-order valence-corrected chi connectivity index (χ2v) is 4.06. The lowest BCUT2D eigenvalue weighted by Crippen LogP contribution is -2.22. The molecule has 1 heterocycles. The molecule has 19 heavy (non-hydrogen) atoms. The Balaban J connectivity index is 2.24. The van der Waals surface area contributed by atoms with Gasteiger partial charge in [-0.25, -0.2) is 9.18 Å². The van der Waals surface area contributed by atoms with E-state index in [1.807, 2.05) is 11.8 Å². The van der Waals surface area contributed by atoms with Crippen LogP contribution in [0.4, 0.5) is 10.1 Å². The molecule has 0 amide bonds. The first-order chi connectivity index (χ1) is 9.11. The van der Waals surface area contributed by atoms with Gasteiger partial charge in [-0.15, -0.1) is 0 Å². The van der Waals surface area contributed by atoms with Crippen molar-refractivity contribution in [3.05, 3.63) is 53.7 Å². The number of rotatable bonds is 5.